The first-order valence-electron chi connectivity index (χ1n) is 12.1. The molecule has 1 fully saturated rings. The third-order valence-electron chi connectivity index (χ3n) is 6.11. The molecule has 1 aliphatic rings. The molecule has 0 aliphatic carbocycles. The predicted octanol–water partition coefficient (Wildman–Crippen LogP) is 5.50. The van der Waals surface area contributed by atoms with Crippen LogP contribution in [0.25, 0.3) is 0 Å². The number of hydrogen-bond acceptors (Lipinski definition) is 6. The molecule has 35 heavy (non-hydrogen) atoms. The summed E-state index contributed by atoms with van der Waals surface area (Å²) >= 11 is 6.55. The number of methoxy groups -OCH3 is 1. The van der Waals surface area contributed by atoms with Crippen LogP contribution in [-0.2, 0) is 11.2 Å². The normalized spacial score (nSPS) is 14.1. The van der Waals surface area contributed by atoms with E-state index < -0.39 is 0 Å². The van der Waals surface area contributed by atoms with Crippen LogP contribution < -0.4 is 14.2 Å². The lowest BCUT2D eigenvalue weighted by Crippen LogP contribution is -2.37. The first-order valence-corrected chi connectivity index (χ1v) is 12.5. The van der Waals surface area contributed by atoms with Gasteiger partial charge in [0.2, 0.25) is 5.75 Å². The molecule has 2 aromatic carbocycles. The Morgan fingerprint density at radius 1 is 1.06 bits per heavy atom. The Hall–Kier alpha value is -2.35. The van der Waals surface area contributed by atoms with Crippen molar-refractivity contribution in [2.75, 3.05) is 53.2 Å². The highest BCUT2D eigenvalue weighted by molar-refractivity contribution is 6.34. The van der Waals surface area contributed by atoms with Gasteiger partial charge in [-0.1, -0.05) is 29.8 Å². The molecule has 6 nitrogen and oxygen atoms in total. The van der Waals surface area contributed by atoms with E-state index in [2.05, 4.69) is 4.90 Å². The van der Waals surface area contributed by atoms with E-state index in [1.54, 1.807) is 19.1 Å². The Bertz CT molecular complexity index is 994. The highest BCUT2D eigenvalue weighted by atomic mass is 35.5. The smallest absolute Gasteiger partial charge is 0.205 e. The standard InChI is InChI=1S/C27H35ClFNO5/c1-19-23(20(2)31)25(34-16-8-12-30-13-17-33-18-14-30)27(26(32-3)24(19)28)35-15-7-6-10-21-9-4-5-11-22(21)29/h4-5,9,11H,6-8,10,12-18H2,1-3H3. The largest absolute Gasteiger partial charge is 0.491 e. The number of aryl methyl sites for hydroxylation is 1. The number of carbonyl (C=O) groups is 1. The Kier molecular flexibility index (Phi) is 10.6. The van der Waals surface area contributed by atoms with Gasteiger partial charge in [-0.2, -0.15) is 0 Å². The first kappa shape index (κ1) is 27.2. The maximum atomic E-state index is 13.9. The van der Waals surface area contributed by atoms with Crippen molar-refractivity contribution in [3.8, 4) is 17.2 Å². The second-order valence-electron chi connectivity index (χ2n) is 8.61. The van der Waals surface area contributed by atoms with E-state index in [9.17, 15) is 9.18 Å². The Morgan fingerprint density at radius 2 is 1.74 bits per heavy atom. The van der Waals surface area contributed by atoms with Gasteiger partial charge >= 0.3 is 0 Å². The van der Waals surface area contributed by atoms with E-state index in [1.165, 1.54) is 20.1 Å². The van der Waals surface area contributed by atoms with E-state index in [4.69, 9.17) is 30.5 Å². The van der Waals surface area contributed by atoms with E-state index in [-0.39, 0.29) is 11.6 Å². The molecule has 2 aromatic rings. The zero-order chi connectivity index (χ0) is 25.2. The molecule has 0 atom stereocenters. The minimum Gasteiger partial charge on any atom is -0.491 e. The Labute approximate surface area is 212 Å². The third-order valence-corrected chi connectivity index (χ3v) is 6.57. The molecule has 0 saturated carbocycles. The van der Waals surface area contributed by atoms with Crippen LogP contribution in [-0.4, -0.2) is 63.9 Å². The van der Waals surface area contributed by atoms with Gasteiger partial charge in [0, 0.05) is 19.6 Å². The minimum absolute atomic E-state index is 0.153. The summed E-state index contributed by atoms with van der Waals surface area (Å²) in [6.45, 7) is 8.24. The molecule has 1 heterocycles. The highest BCUT2D eigenvalue weighted by Crippen LogP contribution is 2.48. The molecule has 3 rings (SSSR count). The number of unbranched alkanes of at least 4 members (excludes halogenated alkanes) is 1. The summed E-state index contributed by atoms with van der Waals surface area (Å²) in [6.07, 6.45) is 2.85. The van der Waals surface area contributed by atoms with Crippen molar-refractivity contribution in [2.45, 2.75) is 39.5 Å². The van der Waals surface area contributed by atoms with Crippen LogP contribution in [0.3, 0.4) is 0 Å². The number of halogens is 2. The van der Waals surface area contributed by atoms with Crippen LogP contribution in [0.1, 0.15) is 47.7 Å². The summed E-state index contributed by atoms with van der Waals surface area (Å²) in [4.78, 5) is 14.9. The molecule has 0 spiro atoms. The SMILES string of the molecule is COc1c(Cl)c(C)c(C(C)=O)c(OCCCN2CCOCC2)c1OCCCCc1ccccc1F. The lowest BCUT2D eigenvalue weighted by atomic mass is 10.0. The fourth-order valence-corrected chi connectivity index (χ4v) is 4.48. The molecular formula is C27H35ClFNO5. The second kappa shape index (κ2) is 13.7. The molecule has 0 amide bonds. The molecule has 192 valence electrons. The number of rotatable bonds is 13. The lowest BCUT2D eigenvalue weighted by molar-refractivity contribution is 0.0357. The number of benzene rings is 2. The van der Waals surface area contributed by atoms with Crippen LogP contribution >= 0.6 is 11.6 Å². The number of morpholine rings is 1. The molecular weight excluding hydrogens is 473 g/mol. The quantitative estimate of drug-likeness (QED) is 0.263. The fraction of sp³-hybridized carbons (Fsp3) is 0.519. The van der Waals surface area contributed by atoms with Crippen LogP contribution in [0, 0.1) is 12.7 Å². The number of carbonyl (C=O) groups excluding carboxylic acids is 1. The molecule has 0 N–H and O–H groups in total. The Balaban J connectivity index is 1.69. The maximum absolute atomic E-state index is 13.9. The van der Waals surface area contributed by atoms with Crippen molar-refractivity contribution in [1.82, 2.24) is 4.90 Å². The van der Waals surface area contributed by atoms with Gasteiger partial charge in [-0.3, -0.25) is 9.69 Å². The molecule has 0 aromatic heterocycles. The number of ketones is 1. The number of nitrogens with zero attached hydrogens (tertiary/aromatic N) is 1. The molecule has 8 heteroatoms. The highest BCUT2D eigenvalue weighted by Gasteiger charge is 2.27. The van der Waals surface area contributed by atoms with Crippen molar-refractivity contribution >= 4 is 17.4 Å². The van der Waals surface area contributed by atoms with E-state index in [0.717, 1.165) is 45.7 Å². The maximum Gasteiger partial charge on any atom is 0.205 e. The fourth-order valence-electron chi connectivity index (χ4n) is 4.22. The van der Waals surface area contributed by atoms with Gasteiger partial charge in [-0.25, -0.2) is 4.39 Å². The van der Waals surface area contributed by atoms with Gasteiger partial charge in [0.1, 0.15) is 5.82 Å². The lowest BCUT2D eigenvalue weighted by Gasteiger charge is -2.26. The summed E-state index contributed by atoms with van der Waals surface area (Å²) in [7, 11) is 1.52. The molecule has 1 aliphatic heterocycles. The summed E-state index contributed by atoms with van der Waals surface area (Å²) in [5.41, 5.74) is 1.70. The van der Waals surface area contributed by atoms with Gasteiger partial charge < -0.3 is 18.9 Å². The third kappa shape index (κ3) is 7.32. The Morgan fingerprint density at radius 3 is 2.43 bits per heavy atom. The van der Waals surface area contributed by atoms with Crippen molar-refractivity contribution < 1.29 is 28.1 Å². The molecule has 1 saturated heterocycles. The summed E-state index contributed by atoms with van der Waals surface area (Å²) in [5, 5.41) is 0.333. The average Bonchev–Trinajstić information content (AvgIpc) is 2.85. The first-order chi connectivity index (χ1) is 16.9. The van der Waals surface area contributed by atoms with E-state index in [1.807, 2.05) is 6.07 Å². The summed E-state index contributed by atoms with van der Waals surface area (Å²) in [5.74, 6) is 0.711. The van der Waals surface area contributed by atoms with Crippen molar-refractivity contribution in [3.63, 3.8) is 0 Å². The van der Waals surface area contributed by atoms with Crippen LogP contribution in [0.5, 0.6) is 17.2 Å². The van der Waals surface area contributed by atoms with Gasteiger partial charge in [-0.15, -0.1) is 0 Å². The van der Waals surface area contributed by atoms with Gasteiger partial charge in [0.15, 0.2) is 17.3 Å². The van der Waals surface area contributed by atoms with Crippen LogP contribution in [0.4, 0.5) is 4.39 Å². The molecule has 0 bridgehead atoms. The minimum atomic E-state index is -0.195. The van der Waals surface area contributed by atoms with Crippen molar-refractivity contribution in [1.29, 1.82) is 0 Å². The van der Waals surface area contributed by atoms with Crippen molar-refractivity contribution in [2.24, 2.45) is 0 Å². The summed E-state index contributed by atoms with van der Waals surface area (Å²) < 4.78 is 37.1. The second-order valence-corrected chi connectivity index (χ2v) is 8.99. The number of Topliss-reactive ketones (excluding diaryl/α,β-unsaturated/α-hetero) is 1. The number of hydrogen-bond donors (Lipinski definition) is 0. The van der Waals surface area contributed by atoms with Crippen molar-refractivity contribution in [3.05, 3.63) is 51.8 Å². The topological polar surface area (TPSA) is 57.2 Å². The van der Waals surface area contributed by atoms with E-state index in [0.29, 0.717) is 65.0 Å². The van der Waals surface area contributed by atoms with Crippen LogP contribution in [0.2, 0.25) is 5.02 Å². The monoisotopic (exact) mass is 507 g/mol. The molecule has 0 radical (unpaired) electrons. The molecule has 0 unspecified atom stereocenters. The van der Waals surface area contributed by atoms with Gasteiger partial charge in [0.05, 0.1) is 44.1 Å². The number of ether oxygens (including phenoxy) is 4. The zero-order valence-corrected chi connectivity index (χ0v) is 21.6. The summed E-state index contributed by atoms with van der Waals surface area (Å²) in [6, 6.07) is 6.78. The average molecular weight is 508 g/mol. The van der Waals surface area contributed by atoms with Gasteiger partial charge in [0.25, 0.3) is 0 Å². The zero-order valence-electron chi connectivity index (χ0n) is 20.8. The van der Waals surface area contributed by atoms with Crippen LogP contribution in [0.15, 0.2) is 24.3 Å². The predicted molar refractivity (Wildman–Crippen MR) is 135 cm³/mol. The van der Waals surface area contributed by atoms with Gasteiger partial charge in [-0.05, 0) is 56.7 Å². The van der Waals surface area contributed by atoms with E-state index >= 15 is 0 Å².